The lowest BCUT2D eigenvalue weighted by molar-refractivity contribution is -0.141. The molecule has 2 N–H and O–H groups in total. The maximum atomic E-state index is 13.3. The van der Waals surface area contributed by atoms with E-state index in [4.69, 9.17) is 0 Å². The molecule has 1 aromatic carbocycles. The molecule has 3 rings (SSSR count). The van der Waals surface area contributed by atoms with Crippen molar-refractivity contribution in [1.82, 2.24) is 20.1 Å². The summed E-state index contributed by atoms with van der Waals surface area (Å²) in [5.74, 6) is -1.20. The van der Waals surface area contributed by atoms with Gasteiger partial charge in [-0.15, -0.1) is 0 Å². The molecule has 0 aliphatic heterocycles. The molecule has 0 bridgehead atoms. The molecule has 2 amide bonds. The second-order valence-electron chi connectivity index (χ2n) is 7.01. The summed E-state index contributed by atoms with van der Waals surface area (Å²) in [7, 11) is 1.44. The highest BCUT2D eigenvalue weighted by atomic mass is 19.4. The molecule has 0 fully saturated rings. The average molecular weight is 431 g/mol. The fourth-order valence-corrected chi connectivity index (χ4v) is 3.17. The van der Waals surface area contributed by atoms with Crippen LogP contribution in [0.1, 0.15) is 43.2 Å². The van der Waals surface area contributed by atoms with Crippen molar-refractivity contribution in [3.8, 4) is 5.82 Å². The Morgan fingerprint density at radius 3 is 2.35 bits per heavy atom. The van der Waals surface area contributed by atoms with Gasteiger partial charge < -0.3 is 10.6 Å². The number of nitrogens with one attached hydrogen (secondary N) is 2. The van der Waals surface area contributed by atoms with Gasteiger partial charge in [0.1, 0.15) is 5.69 Å². The Balaban J connectivity index is 2.12. The monoisotopic (exact) mass is 431 g/mol. The highest BCUT2D eigenvalue weighted by molar-refractivity contribution is 6.09. The van der Waals surface area contributed by atoms with E-state index in [1.54, 1.807) is 45.0 Å². The van der Waals surface area contributed by atoms with Crippen LogP contribution in [0.3, 0.4) is 0 Å². The number of hydrogen-bond donors (Lipinski definition) is 2. The molecular formula is C21H20F3N5O2. The molecule has 0 saturated heterocycles. The van der Waals surface area contributed by atoms with Crippen LogP contribution in [0, 0.1) is 20.8 Å². The van der Waals surface area contributed by atoms with Gasteiger partial charge in [-0.2, -0.15) is 18.3 Å². The number of amides is 2. The summed E-state index contributed by atoms with van der Waals surface area (Å²) < 4.78 is 40.9. The van der Waals surface area contributed by atoms with Gasteiger partial charge in [0, 0.05) is 19.3 Å². The van der Waals surface area contributed by atoms with Crippen LogP contribution in [-0.4, -0.2) is 33.6 Å². The molecule has 0 atom stereocenters. The van der Waals surface area contributed by atoms with Crippen LogP contribution in [0.5, 0.6) is 0 Å². The van der Waals surface area contributed by atoms with Gasteiger partial charge in [-0.25, -0.2) is 9.67 Å². The second kappa shape index (κ2) is 8.21. The Bertz CT molecular complexity index is 1170. The summed E-state index contributed by atoms with van der Waals surface area (Å²) >= 11 is 0. The van der Waals surface area contributed by atoms with Gasteiger partial charge in [-0.3, -0.25) is 9.59 Å². The highest BCUT2D eigenvalue weighted by Gasteiger charge is 2.36. The topological polar surface area (TPSA) is 88.9 Å². The van der Waals surface area contributed by atoms with Crippen LogP contribution in [-0.2, 0) is 6.18 Å². The quantitative estimate of drug-likeness (QED) is 0.657. The summed E-state index contributed by atoms with van der Waals surface area (Å²) in [4.78, 5) is 29.4. The molecule has 2 heterocycles. The first kappa shape index (κ1) is 22.0. The minimum atomic E-state index is -4.75. The van der Waals surface area contributed by atoms with Crippen LogP contribution in [0.15, 0.2) is 36.5 Å². The first-order valence-corrected chi connectivity index (χ1v) is 9.27. The van der Waals surface area contributed by atoms with E-state index in [9.17, 15) is 22.8 Å². The lowest BCUT2D eigenvalue weighted by Gasteiger charge is -2.15. The van der Waals surface area contributed by atoms with Crippen molar-refractivity contribution < 1.29 is 22.8 Å². The summed E-state index contributed by atoms with van der Waals surface area (Å²) in [5.41, 5.74) is 0.724. The Hall–Kier alpha value is -3.69. The number of aryl methyl sites for hydroxylation is 3. The molecule has 0 radical (unpaired) electrons. The van der Waals surface area contributed by atoms with E-state index < -0.39 is 23.7 Å². The zero-order chi connectivity index (χ0) is 22.9. The fourth-order valence-electron chi connectivity index (χ4n) is 3.17. The maximum Gasteiger partial charge on any atom is 0.435 e. The van der Waals surface area contributed by atoms with Crippen LogP contribution in [0.2, 0.25) is 0 Å². The molecule has 3 aromatic rings. The maximum absolute atomic E-state index is 13.3. The first-order chi connectivity index (χ1) is 14.5. The Kier molecular flexibility index (Phi) is 5.83. The largest absolute Gasteiger partial charge is 0.435 e. The highest BCUT2D eigenvalue weighted by Crippen LogP contribution is 2.30. The molecule has 31 heavy (non-hydrogen) atoms. The van der Waals surface area contributed by atoms with Crippen molar-refractivity contribution in [1.29, 1.82) is 0 Å². The van der Waals surface area contributed by atoms with E-state index in [1.165, 1.54) is 13.2 Å². The fraction of sp³-hybridized carbons (Fsp3) is 0.238. The van der Waals surface area contributed by atoms with E-state index in [2.05, 4.69) is 20.7 Å². The SMILES string of the molecule is CNC(=O)c1cc(C)cc(C)c1NC(=O)c1cc(C(F)(F)F)nn1-c1ncccc1C. The normalized spacial score (nSPS) is 11.3. The third-order valence-corrected chi connectivity index (χ3v) is 4.60. The molecule has 0 saturated carbocycles. The summed E-state index contributed by atoms with van der Waals surface area (Å²) in [6, 6.07) is 7.27. The van der Waals surface area contributed by atoms with Crippen LogP contribution >= 0.6 is 0 Å². The zero-order valence-electron chi connectivity index (χ0n) is 17.3. The number of aromatic nitrogens is 3. The van der Waals surface area contributed by atoms with Crippen molar-refractivity contribution in [2.24, 2.45) is 0 Å². The predicted octanol–water partition coefficient (Wildman–Crippen LogP) is 3.82. The summed E-state index contributed by atoms with van der Waals surface area (Å²) in [5, 5.41) is 8.64. The molecule has 7 nitrogen and oxygen atoms in total. The number of alkyl halides is 3. The molecular weight excluding hydrogens is 411 g/mol. The van der Waals surface area contributed by atoms with Gasteiger partial charge in [0.05, 0.1) is 11.3 Å². The first-order valence-electron chi connectivity index (χ1n) is 9.27. The van der Waals surface area contributed by atoms with Gasteiger partial charge in [0.2, 0.25) is 0 Å². The van der Waals surface area contributed by atoms with Gasteiger partial charge in [-0.1, -0.05) is 12.1 Å². The molecule has 10 heteroatoms. The molecule has 0 aliphatic carbocycles. The predicted molar refractivity (Wildman–Crippen MR) is 108 cm³/mol. The van der Waals surface area contributed by atoms with Gasteiger partial charge in [0.15, 0.2) is 11.5 Å². The summed E-state index contributed by atoms with van der Waals surface area (Å²) in [6.45, 7) is 5.13. The lowest BCUT2D eigenvalue weighted by Crippen LogP contribution is -2.24. The second-order valence-corrected chi connectivity index (χ2v) is 7.01. The van der Waals surface area contributed by atoms with E-state index >= 15 is 0 Å². The number of carbonyl (C=O) groups is 2. The Morgan fingerprint density at radius 2 is 1.74 bits per heavy atom. The third kappa shape index (κ3) is 4.42. The number of nitrogens with zero attached hydrogens (tertiary/aromatic N) is 3. The molecule has 0 aliphatic rings. The van der Waals surface area contributed by atoms with Crippen LogP contribution in [0.25, 0.3) is 5.82 Å². The number of benzene rings is 1. The van der Waals surface area contributed by atoms with E-state index in [0.29, 0.717) is 17.2 Å². The number of pyridine rings is 1. The molecule has 0 unspecified atom stereocenters. The van der Waals surface area contributed by atoms with Crippen molar-refractivity contribution in [3.05, 3.63) is 70.2 Å². The number of rotatable bonds is 4. The Morgan fingerprint density at radius 1 is 1.03 bits per heavy atom. The van der Waals surface area contributed by atoms with Crippen molar-refractivity contribution in [2.45, 2.75) is 26.9 Å². The minimum absolute atomic E-state index is 0.0929. The number of hydrogen-bond acceptors (Lipinski definition) is 4. The van der Waals surface area contributed by atoms with Crippen molar-refractivity contribution in [2.75, 3.05) is 12.4 Å². The molecule has 2 aromatic heterocycles. The van der Waals surface area contributed by atoms with Gasteiger partial charge in [0.25, 0.3) is 11.8 Å². The van der Waals surface area contributed by atoms with Crippen LogP contribution < -0.4 is 10.6 Å². The zero-order valence-corrected chi connectivity index (χ0v) is 17.3. The smallest absolute Gasteiger partial charge is 0.355 e. The third-order valence-electron chi connectivity index (χ3n) is 4.60. The van der Waals surface area contributed by atoms with E-state index in [1.807, 2.05) is 0 Å². The van der Waals surface area contributed by atoms with E-state index in [0.717, 1.165) is 10.2 Å². The Labute approximate surface area is 176 Å². The minimum Gasteiger partial charge on any atom is -0.355 e. The molecule has 0 spiro atoms. The van der Waals surface area contributed by atoms with E-state index in [-0.39, 0.29) is 22.8 Å². The van der Waals surface area contributed by atoms with Gasteiger partial charge >= 0.3 is 6.18 Å². The number of halogens is 3. The lowest BCUT2D eigenvalue weighted by atomic mass is 10.0. The standard InChI is InChI=1S/C21H20F3N5O2/c1-11-8-13(3)17(14(9-11)19(30)25-4)27-20(31)15-10-16(21(22,23)24)28-29(15)18-12(2)6-5-7-26-18/h5-10H,1-4H3,(H,25,30)(H,27,31). The van der Waals surface area contributed by atoms with Crippen molar-refractivity contribution in [3.63, 3.8) is 0 Å². The summed E-state index contributed by atoms with van der Waals surface area (Å²) in [6.07, 6.45) is -3.36. The number of carbonyl (C=O) groups excluding carboxylic acids is 2. The number of anilines is 1. The van der Waals surface area contributed by atoms with Gasteiger partial charge in [-0.05, 0) is 49.6 Å². The van der Waals surface area contributed by atoms with Crippen molar-refractivity contribution >= 4 is 17.5 Å². The molecule has 162 valence electrons. The van der Waals surface area contributed by atoms with Crippen LogP contribution in [0.4, 0.5) is 18.9 Å². The average Bonchev–Trinajstić information content (AvgIpc) is 3.15.